The average molecular weight is 361 g/mol. The number of nitrogens with zero attached hydrogens (tertiary/aromatic N) is 5. The first-order valence-electron chi connectivity index (χ1n) is 7.11. The molecule has 0 aromatic carbocycles. The number of rotatable bonds is 5. The molecule has 1 amide bonds. The second-order valence-corrected chi connectivity index (χ2v) is 7.13. The molecule has 2 N–H and O–H groups in total. The molecule has 24 heavy (non-hydrogen) atoms. The third-order valence-electron chi connectivity index (χ3n) is 2.87. The van der Waals surface area contributed by atoms with Crippen LogP contribution in [0.15, 0.2) is 11.4 Å². The molecule has 0 bridgehead atoms. The quantitative estimate of drug-likeness (QED) is 0.719. The zero-order valence-corrected chi connectivity index (χ0v) is 15.0. The summed E-state index contributed by atoms with van der Waals surface area (Å²) in [5.41, 5.74) is 2.44. The Morgan fingerprint density at radius 2 is 1.83 bits per heavy atom. The lowest BCUT2D eigenvalue weighted by molar-refractivity contribution is -0.115. The Bertz CT molecular complexity index is 853. The maximum absolute atomic E-state index is 12.0. The van der Waals surface area contributed by atoms with Crippen molar-refractivity contribution < 1.29 is 4.79 Å². The summed E-state index contributed by atoms with van der Waals surface area (Å²) in [5.74, 6) is 0.327. The molecule has 0 unspecified atom stereocenters. The van der Waals surface area contributed by atoms with Gasteiger partial charge in [0.05, 0.1) is 12.1 Å². The van der Waals surface area contributed by atoms with Gasteiger partial charge in [-0.1, -0.05) is 11.3 Å². The van der Waals surface area contributed by atoms with Gasteiger partial charge in [0.15, 0.2) is 5.13 Å². The third-order valence-corrected chi connectivity index (χ3v) is 4.43. The first-order chi connectivity index (χ1) is 11.5. The molecule has 0 fully saturated rings. The lowest BCUT2D eigenvalue weighted by Crippen LogP contribution is -2.14. The smallest absolute Gasteiger partial charge is 0.232 e. The van der Waals surface area contributed by atoms with Crippen molar-refractivity contribution in [3.05, 3.63) is 33.5 Å². The van der Waals surface area contributed by atoms with E-state index >= 15 is 0 Å². The Hall–Kier alpha value is -2.46. The predicted octanol–water partition coefficient (Wildman–Crippen LogP) is 2.63. The molecule has 8 nitrogen and oxygen atoms in total. The van der Waals surface area contributed by atoms with Crippen LogP contribution in [0, 0.1) is 20.8 Å². The van der Waals surface area contributed by atoms with E-state index in [1.165, 1.54) is 22.7 Å². The van der Waals surface area contributed by atoms with Crippen molar-refractivity contribution in [3.8, 4) is 0 Å². The van der Waals surface area contributed by atoms with E-state index in [2.05, 4.69) is 35.8 Å². The van der Waals surface area contributed by atoms with Gasteiger partial charge in [-0.25, -0.2) is 15.0 Å². The monoisotopic (exact) mass is 361 g/mol. The maximum atomic E-state index is 12.0. The van der Waals surface area contributed by atoms with Crippen LogP contribution in [0.2, 0.25) is 0 Å². The number of anilines is 3. The molecule has 3 heterocycles. The molecular formula is C14H15N7OS2. The molecule has 0 radical (unpaired) electrons. The van der Waals surface area contributed by atoms with Gasteiger partial charge in [0, 0.05) is 16.8 Å². The minimum Gasteiger partial charge on any atom is -0.300 e. The van der Waals surface area contributed by atoms with Crippen molar-refractivity contribution in [1.82, 2.24) is 25.1 Å². The second kappa shape index (κ2) is 6.97. The summed E-state index contributed by atoms with van der Waals surface area (Å²) in [6.07, 6.45) is 0.171. The number of hydrogen-bond acceptors (Lipinski definition) is 9. The molecule has 0 spiro atoms. The van der Waals surface area contributed by atoms with Gasteiger partial charge in [0.1, 0.15) is 5.01 Å². The molecule has 0 aliphatic carbocycles. The van der Waals surface area contributed by atoms with Gasteiger partial charge >= 0.3 is 0 Å². The van der Waals surface area contributed by atoms with E-state index in [0.29, 0.717) is 21.9 Å². The highest BCUT2D eigenvalue weighted by molar-refractivity contribution is 7.15. The fourth-order valence-electron chi connectivity index (χ4n) is 2.00. The van der Waals surface area contributed by atoms with Crippen LogP contribution in [0.25, 0.3) is 0 Å². The molecule has 0 saturated carbocycles. The number of amides is 1. The summed E-state index contributed by atoms with van der Waals surface area (Å²) >= 11 is 2.74. The van der Waals surface area contributed by atoms with Crippen molar-refractivity contribution in [2.24, 2.45) is 0 Å². The normalized spacial score (nSPS) is 10.6. The number of carbonyl (C=O) groups excluding carboxylic acids is 1. The maximum Gasteiger partial charge on any atom is 0.232 e. The van der Waals surface area contributed by atoms with Gasteiger partial charge in [0.25, 0.3) is 0 Å². The zero-order valence-electron chi connectivity index (χ0n) is 13.3. The van der Waals surface area contributed by atoms with Gasteiger partial charge in [-0.3, -0.25) is 4.79 Å². The molecular weight excluding hydrogens is 346 g/mol. The van der Waals surface area contributed by atoms with Crippen molar-refractivity contribution in [1.29, 1.82) is 0 Å². The second-order valence-electron chi connectivity index (χ2n) is 5.09. The molecule has 3 aromatic heterocycles. The molecule has 0 aliphatic heterocycles. The Balaban J connectivity index is 1.61. The van der Waals surface area contributed by atoms with Crippen LogP contribution in [0.1, 0.15) is 22.1 Å². The molecule has 10 heteroatoms. The summed E-state index contributed by atoms with van der Waals surface area (Å²) in [7, 11) is 0. The summed E-state index contributed by atoms with van der Waals surface area (Å²) in [6.45, 7) is 5.65. The van der Waals surface area contributed by atoms with E-state index in [1.807, 2.05) is 32.2 Å². The van der Waals surface area contributed by atoms with Gasteiger partial charge in [-0.05, 0) is 26.8 Å². The fourth-order valence-corrected chi connectivity index (χ4v) is 3.31. The Morgan fingerprint density at radius 1 is 1.08 bits per heavy atom. The first kappa shape index (κ1) is 16.4. The fraction of sp³-hybridized carbons (Fsp3) is 0.286. The van der Waals surface area contributed by atoms with Gasteiger partial charge < -0.3 is 10.6 Å². The van der Waals surface area contributed by atoms with Crippen LogP contribution in [-0.4, -0.2) is 31.1 Å². The predicted molar refractivity (Wildman–Crippen MR) is 93.9 cm³/mol. The molecule has 124 valence electrons. The van der Waals surface area contributed by atoms with Crippen LogP contribution in [0.5, 0.6) is 0 Å². The first-order valence-corrected chi connectivity index (χ1v) is 8.81. The highest BCUT2D eigenvalue weighted by Crippen LogP contribution is 2.20. The Labute approximate surface area is 146 Å². The number of nitrogens with one attached hydrogen (secondary N) is 2. The van der Waals surface area contributed by atoms with E-state index in [4.69, 9.17) is 0 Å². The zero-order chi connectivity index (χ0) is 17.1. The highest BCUT2D eigenvalue weighted by Gasteiger charge is 2.11. The van der Waals surface area contributed by atoms with E-state index in [-0.39, 0.29) is 12.3 Å². The SMILES string of the molecule is Cc1cc(C)nc(Nc2nc(CC(=O)Nc3nnc(C)s3)cs2)n1. The number of thiazole rings is 1. The van der Waals surface area contributed by atoms with Crippen LogP contribution in [0.4, 0.5) is 16.2 Å². The lowest BCUT2D eigenvalue weighted by Gasteiger charge is -2.03. The summed E-state index contributed by atoms with van der Waals surface area (Å²) in [4.78, 5) is 25.0. The molecule has 0 saturated heterocycles. The van der Waals surface area contributed by atoms with Crippen molar-refractivity contribution in [2.45, 2.75) is 27.2 Å². The van der Waals surface area contributed by atoms with Crippen LogP contribution >= 0.6 is 22.7 Å². The van der Waals surface area contributed by atoms with Gasteiger partial charge in [-0.2, -0.15) is 0 Å². The van der Waals surface area contributed by atoms with Crippen molar-refractivity contribution in [2.75, 3.05) is 10.6 Å². The average Bonchev–Trinajstić information content (AvgIpc) is 3.07. The van der Waals surface area contributed by atoms with Crippen LogP contribution in [-0.2, 0) is 11.2 Å². The molecule has 0 atom stereocenters. The summed E-state index contributed by atoms with van der Waals surface area (Å²) < 4.78 is 0. The molecule has 3 rings (SSSR count). The lowest BCUT2D eigenvalue weighted by atomic mass is 10.3. The largest absolute Gasteiger partial charge is 0.300 e. The van der Waals surface area contributed by atoms with E-state index in [1.54, 1.807) is 0 Å². The number of carbonyl (C=O) groups is 1. The molecule has 3 aromatic rings. The van der Waals surface area contributed by atoms with Gasteiger partial charge in [0.2, 0.25) is 17.0 Å². The number of aryl methyl sites for hydroxylation is 3. The summed E-state index contributed by atoms with van der Waals surface area (Å²) in [6, 6.07) is 1.90. The molecule has 0 aliphatic rings. The standard InChI is InChI=1S/C14H15N7OS2/c1-7-4-8(2)16-12(15-7)19-13-17-10(6-23-13)5-11(22)18-14-21-20-9(3)24-14/h4,6H,5H2,1-3H3,(H,18,21,22)(H,15,16,17,19). The number of aromatic nitrogens is 5. The van der Waals surface area contributed by atoms with Crippen LogP contribution < -0.4 is 10.6 Å². The Kier molecular flexibility index (Phi) is 4.76. The van der Waals surface area contributed by atoms with E-state index in [9.17, 15) is 4.79 Å². The summed E-state index contributed by atoms with van der Waals surface area (Å²) in [5, 5.41) is 17.3. The highest BCUT2D eigenvalue weighted by atomic mass is 32.1. The Morgan fingerprint density at radius 3 is 2.50 bits per heavy atom. The third kappa shape index (κ3) is 4.30. The van der Waals surface area contributed by atoms with E-state index < -0.39 is 0 Å². The number of hydrogen-bond donors (Lipinski definition) is 2. The topological polar surface area (TPSA) is 106 Å². The van der Waals surface area contributed by atoms with Crippen LogP contribution in [0.3, 0.4) is 0 Å². The van der Waals surface area contributed by atoms with Crippen molar-refractivity contribution >= 4 is 44.8 Å². The van der Waals surface area contributed by atoms with Crippen molar-refractivity contribution in [3.63, 3.8) is 0 Å². The van der Waals surface area contributed by atoms with Gasteiger partial charge in [-0.15, -0.1) is 21.5 Å². The minimum atomic E-state index is -0.175. The minimum absolute atomic E-state index is 0.171. The van der Waals surface area contributed by atoms with E-state index in [0.717, 1.165) is 16.4 Å².